The van der Waals surface area contributed by atoms with Gasteiger partial charge in [-0.25, -0.2) is 0 Å². The van der Waals surface area contributed by atoms with E-state index in [1.54, 1.807) is 11.1 Å². The number of rotatable bonds is 0. The summed E-state index contributed by atoms with van der Waals surface area (Å²) >= 11 is 0. The van der Waals surface area contributed by atoms with Crippen LogP contribution in [0.5, 0.6) is 0 Å². The van der Waals surface area contributed by atoms with Gasteiger partial charge >= 0.3 is 0 Å². The first-order valence-electron chi connectivity index (χ1n) is 6.00. The fourth-order valence-corrected chi connectivity index (χ4v) is 2.74. The van der Waals surface area contributed by atoms with E-state index in [-0.39, 0.29) is 0 Å². The van der Waals surface area contributed by atoms with Gasteiger partial charge in [-0.2, -0.15) is 0 Å². The molecule has 0 spiro atoms. The van der Waals surface area contributed by atoms with E-state index in [1.807, 2.05) is 0 Å². The number of hydrogen-bond donors (Lipinski definition) is 0. The molecule has 0 N–H and O–H groups in total. The summed E-state index contributed by atoms with van der Waals surface area (Å²) in [7, 11) is 2.21. The average Bonchev–Trinajstić information content (AvgIpc) is 2.47. The van der Waals surface area contributed by atoms with Crippen molar-refractivity contribution in [3.63, 3.8) is 0 Å². The zero-order valence-electron chi connectivity index (χ0n) is 9.74. The molecular weight excluding hydrogens is 194 g/mol. The quantitative estimate of drug-likeness (QED) is 0.637. The van der Waals surface area contributed by atoms with E-state index in [1.165, 1.54) is 24.1 Å². The fraction of sp³-hybridized carbons (Fsp3) is 0.333. The summed E-state index contributed by atoms with van der Waals surface area (Å²) < 4.78 is 0. The molecule has 0 atom stereocenters. The number of nitrogens with zero attached hydrogens (tertiary/aromatic N) is 1. The number of hydrogen-bond acceptors (Lipinski definition) is 1. The predicted octanol–water partition coefficient (Wildman–Crippen LogP) is 3.19. The smallest absolute Gasteiger partial charge is 0.0199 e. The van der Waals surface area contributed by atoms with Crippen molar-refractivity contribution in [2.75, 3.05) is 20.1 Å². The van der Waals surface area contributed by atoms with E-state index < -0.39 is 0 Å². The maximum absolute atomic E-state index is 2.42. The molecule has 16 heavy (non-hydrogen) atoms. The molecule has 1 heteroatoms. The van der Waals surface area contributed by atoms with Gasteiger partial charge in [-0.05, 0) is 42.2 Å². The molecule has 0 fully saturated rings. The number of benzene rings is 1. The molecule has 1 aromatic carbocycles. The number of fused-ring (bicyclic) bond motifs is 2. The van der Waals surface area contributed by atoms with Crippen LogP contribution in [0.25, 0.3) is 11.6 Å². The van der Waals surface area contributed by atoms with E-state index in [2.05, 4.69) is 48.4 Å². The van der Waals surface area contributed by atoms with E-state index in [9.17, 15) is 0 Å². The Morgan fingerprint density at radius 2 is 2.06 bits per heavy atom. The molecule has 0 unspecified atom stereocenters. The highest BCUT2D eigenvalue weighted by atomic mass is 15.1. The van der Waals surface area contributed by atoms with Gasteiger partial charge in [-0.3, -0.25) is 0 Å². The number of likely N-dealkylation sites (N-methyl/N-ethyl adjacent to an activating group) is 1. The number of allylic oxidation sites excluding steroid dienone is 1. The first-order valence-corrected chi connectivity index (χ1v) is 6.00. The molecule has 1 aromatic rings. The first-order chi connectivity index (χ1) is 7.84. The summed E-state index contributed by atoms with van der Waals surface area (Å²) in [5, 5.41) is 0. The van der Waals surface area contributed by atoms with Crippen molar-refractivity contribution in [2.24, 2.45) is 0 Å². The highest BCUT2D eigenvalue weighted by Gasteiger charge is 2.19. The molecule has 1 aliphatic heterocycles. The first kappa shape index (κ1) is 9.86. The third-order valence-corrected chi connectivity index (χ3v) is 3.58. The summed E-state index contributed by atoms with van der Waals surface area (Å²) in [6, 6.07) is 8.77. The minimum Gasteiger partial charge on any atom is -0.302 e. The molecule has 1 heterocycles. The van der Waals surface area contributed by atoms with Gasteiger partial charge < -0.3 is 4.90 Å². The van der Waals surface area contributed by atoms with Gasteiger partial charge in [0.15, 0.2) is 0 Å². The van der Waals surface area contributed by atoms with Crippen LogP contribution in [0.2, 0.25) is 0 Å². The molecule has 2 aliphatic rings. The van der Waals surface area contributed by atoms with Crippen molar-refractivity contribution in [3.05, 3.63) is 47.0 Å². The lowest BCUT2D eigenvalue weighted by molar-refractivity contribution is 0.357. The maximum Gasteiger partial charge on any atom is 0.0199 e. The van der Waals surface area contributed by atoms with Crippen LogP contribution in [0.3, 0.4) is 0 Å². The zero-order valence-corrected chi connectivity index (χ0v) is 9.74. The van der Waals surface area contributed by atoms with E-state index in [4.69, 9.17) is 0 Å². The summed E-state index contributed by atoms with van der Waals surface area (Å²) in [5.41, 5.74) is 6.05. The van der Waals surface area contributed by atoms with Crippen molar-refractivity contribution >= 4 is 11.6 Å². The van der Waals surface area contributed by atoms with Crippen molar-refractivity contribution in [2.45, 2.75) is 12.8 Å². The molecular formula is C15H17N. The monoisotopic (exact) mass is 211 g/mol. The molecule has 0 saturated heterocycles. The van der Waals surface area contributed by atoms with Crippen LogP contribution in [0.15, 0.2) is 35.9 Å². The molecule has 0 aromatic heterocycles. The van der Waals surface area contributed by atoms with Crippen LogP contribution >= 0.6 is 0 Å². The van der Waals surface area contributed by atoms with Gasteiger partial charge in [-0.1, -0.05) is 36.4 Å². The van der Waals surface area contributed by atoms with E-state index in [0.717, 1.165) is 13.0 Å². The zero-order chi connectivity index (χ0) is 11.0. The van der Waals surface area contributed by atoms with E-state index >= 15 is 0 Å². The molecule has 3 rings (SSSR count). The van der Waals surface area contributed by atoms with Gasteiger partial charge in [0.25, 0.3) is 0 Å². The Morgan fingerprint density at radius 3 is 3.00 bits per heavy atom. The SMILES string of the molecule is CN1CCC2=C(CC=Cc3ccccc32)C1. The summed E-state index contributed by atoms with van der Waals surface area (Å²) in [6.07, 6.45) is 6.90. The highest BCUT2D eigenvalue weighted by Crippen LogP contribution is 2.33. The predicted molar refractivity (Wildman–Crippen MR) is 69.1 cm³/mol. The Labute approximate surface area is 97.1 Å². The second-order valence-corrected chi connectivity index (χ2v) is 4.76. The Bertz CT molecular complexity index is 468. The topological polar surface area (TPSA) is 3.24 Å². The van der Waals surface area contributed by atoms with Crippen LogP contribution in [0.4, 0.5) is 0 Å². The largest absolute Gasteiger partial charge is 0.302 e. The van der Waals surface area contributed by atoms with Crippen molar-refractivity contribution in [1.82, 2.24) is 4.90 Å². The third kappa shape index (κ3) is 1.61. The molecule has 0 bridgehead atoms. The van der Waals surface area contributed by atoms with Crippen LogP contribution in [-0.4, -0.2) is 25.0 Å². The van der Waals surface area contributed by atoms with Crippen LogP contribution in [0, 0.1) is 0 Å². The van der Waals surface area contributed by atoms with Crippen molar-refractivity contribution in [1.29, 1.82) is 0 Å². The maximum atomic E-state index is 2.42. The van der Waals surface area contributed by atoms with Crippen LogP contribution < -0.4 is 0 Å². The molecule has 0 amide bonds. The highest BCUT2D eigenvalue weighted by molar-refractivity contribution is 5.79. The van der Waals surface area contributed by atoms with Crippen LogP contribution in [0.1, 0.15) is 24.0 Å². The van der Waals surface area contributed by atoms with E-state index in [0.29, 0.717) is 0 Å². The second-order valence-electron chi connectivity index (χ2n) is 4.76. The van der Waals surface area contributed by atoms with Crippen molar-refractivity contribution < 1.29 is 0 Å². The van der Waals surface area contributed by atoms with Gasteiger partial charge in [0, 0.05) is 13.1 Å². The van der Waals surface area contributed by atoms with Gasteiger partial charge in [0.1, 0.15) is 0 Å². The lowest BCUT2D eigenvalue weighted by Crippen LogP contribution is -2.27. The van der Waals surface area contributed by atoms with Gasteiger partial charge in [0.2, 0.25) is 0 Å². The van der Waals surface area contributed by atoms with Crippen LogP contribution in [-0.2, 0) is 0 Å². The van der Waals surface area contributed by atoms with Gasteiger partial charge in [-0.15, -0.1) is 0 Å². The standard InChI is InChI=1S/C15H17N/c1-16-10-9-15-13(11-16)7-4-6-12-5-2-3-8-14(12)15/h2-6,8H,7,9-11H2,1H3. The molecule has 0 radical (unpaired) electrons. The second kappa shape index (κ2) is 3.91. The fourth-order valence-electron chi connectivity index (χ4n) is 2.74. The van der Waals surface area contributed by atoms with Gasteiger partial charge in [0.05, 0.1) is 0 Å². The normalized spacial score (nSPS) is 20.3. The third-order valence-electron chi connectivity index (χ3n) is 3.58. The Kier molecular flexibility index (Phi) is 2.41. The lowest BCUT2D eigenvalue weighted by Gasteiger charge is -2.27. The summed E-state index contributed by atoms with van der Waals surface area (Å²) in [4.78, 5) is 2.42. The average molecular weight is 211 g/mol. The minimum atomic E-state index is 1.12. The molecule has 1 aliphatic carbocycles. The molecule has 1 nitrogen and oxygen atoms in total. The lowest BCUT2D eigenvalue weighted by atomic mass is 9.91. The summed E-state index contributed by atoms with van der Waals surface area (Å²) in [6.45, 7) is 2.32. The Balaban J connectivity index is 2.13. The Morgan fingerprint density at radius 1 is 1.19 bits per heavy atom. The molecule has 82 valence electrons. The minimum absolute atomic E-state index is 1.12. The molecule has 0 saturated carbocycles. The van der Waals surface area contributed by atoms with Crippen molar-refractivity contribution in [3.8, 4) is 0 Å². The summed E-state index contributed by atoms with van der Waals surface area (Å²) in [5.74, 6) is 0. The Hall–Kier alpha value is -1.34.